The van der Waals surface area contributed by atoms with Crippen LogP contribution in [0.4, 0.5) is 0 Å². The fourth-order valence-corrected chi connectivity index (χ4v) is 4.16. The number of carbonyl (C=O) groups is 1. The van der Waals surface area contributed by atoms with Crippen molar-refractivity contribution in [3.63, 3.8) is 0 Å². The molecule has 1 heterocycles. The van der Waals surface area contributed by atoms with Crippen LogP contribution in [0.3, 0.4) is 0 Å². The topological polar surface area (TPSA) is 75.7 Å². The zero-order chi connectivity index (χ0) is 21.1. The summed E-state index contributed by atoms with van der Waals surface area (Å²) in [4.78, 5) is 12.3. The molecule has 2 unspecified atom stereocenters. The summed E-state index contributed by atoms with van der Waals surface area (Å²) in [5.41, 5.74) is 3.69. The molecule has 0 aromatic heterocycles. The van der Waals surface area contributed by atoms with Gasteiger partial charge in [0, 0.05) is 28.0 Å². The molecule has 0 amide bonds. The predicted octanol–water partition coefficient (Wildman–Crippen LogP) is 4.32. The molecule has 0 N–H and O–H groups in total. The quantitative estimate of drug-likeness (QED) is 0.439. The summed E-state index contributed by atoms with van der Waals surface area (Å²) in [5.74, 6) is 1.21. The monoisotopic (exact) mass is 419 g/mol. The minimum atomic E-state index is -2.16. The van der Waals surface area contributed by atoms with Crippen molar-refractivity contribution in [3.05, 3.63) is 95.1 Å². The van der Waals surface area contributed by atoms with Gasteiger partial charge >= 0.3 is 0 Å². The van der Waals surface area contributed by atoms with E-state index in [1.54, 1.807) is 19.2 Å². The smallest absolute Gasteiger partial charge is 0.139 e. The standard InChI is InChI=1S/C24H20O5S/c1-28-21-8-4-3-7-19(21)23-20(14-25)18-6-2-5-9-22(18)29-24(23)17-12-10-16(11-13-17)15-30(26)27/h2-14,20H,15H2,1H3,(H,26,27)/p-1. The van der Waals surface area contributed by atoms with Gasteiger partial charge in [-0.3, -0.25) is 4.21 Å². The van der Waals surface area contributed by atoms with Gasteiger partial charge in [-0.05, 0) is 17.7 Å². The van der Waals surface area contributed by atoms with Crippen LogP contribution < -0.4 is 9.47 Å². The molecule has 0 saturated heterocycles. The lowest BCUT2D eigenvalue weighted by Crippen LogP contribution is -2.16. The Bertz CT molecular complexity index is 1130. The normalized spacial score (nSPS) is 16.4. The number of ether oxygens (including phenoxy) is 2. The fraction of sp³-hybridized carbons (Fsp3) is 0.125. The maximum atomic E-state index is 12.3. The van der Waals surface area contributed by atoms with Gasteiger partial charge < -0.3 is 18.8 Å². The highest BCUT2D eigenvalue weighted by atomic mass is 32.2. The second-order valence-corrected chi connectivity index (χ2v) is 7.74. The van der Waals surface area contributed by atoms with Crippen LogP contribution in [0.2, 0.25) is 0 Å². The largest absolute Gasteiger partial charge is 0.772 e. The number of allylic oxidation sites excluding steroid dienone is 1. The maximum Gasteiger partial charge on any atom is 0.139 e. The van der Waals surface area contributed by atoms with Crippen molar-refractivity contribution in [2.24, 2.45) is 0 Å². The Kier molecular flexibility index (Phi) is 5.79. The Labute approximate surface area is 177 Å². The van der Waals surface area contributed by atoms with Crippen LogP contribution in [-0.4, -0.2) is 22.2 Å². The molecule has 1 aliphatic heterocycles. The first-order valence-corrected chi connectivity index (χ1v) is 10.6. The number of aldehydes is 1. The van der Waals surface area contributed by atoms with Gasteiger partial charge in [0.05, 0.1) is 13.0 Å². The molecule has 6 heteroatoms. The number of hydrogen-bond acceptors (Lipinski definition) is 5. The number of rotatable bonds is 6. The van der Waals surface area contributed by atoms with Gasteiger partial charge in [0.15, 0.2) is 0 Å². The van der Waals surface area contributed by atoms with Crippen molar-refractivity contribution < 1.29 is 23.0 Å². The average Bonchev–Trinajstić information content (AvgIpc) is 2.78. The van der Waals surface area contributed by atoms with E-state index in [0.717, 1.165) is 23.0 Å². The fourth-order valence-electron chi connectivity index (χ4n) is 3.69. The lowest BCUT2D eigenvalue weighted by molar-refractivity contribution is -0.108. The second kappa shape index (κ2) is 8.65. The lowest BCUT2D eigenvalue weighted by Gasteiger charge is -2.29. The van der Waals surface area contributed by atoms with Crippen LogP contribution in [0.5, 0.6) is 11.5 Å². The highest BCUT2D eigenvalue weighted by Crippen LogP contribution is 2.47. The minimum absolute atomic E-state index is 0.0562. The number of fused-ring (bicyclic) bond motifs is 1. The summed E-state index contributed by atoms with van der Waals surface area (Å²) in [6.45, 7) is 0. The van der Waals surface area contributed by atoms with Gasteiger partial charge in [0.25, 0.3) is 0 Å². The highest BCUT2D eigenvalue weighted by molar-refractivity contribution is 7.78. The van der Waals surface area contributed by atoms with Crippen LogP contribution in [0.25, 0.3) is 11.3 Å². The van der Waals surface area contributed by atoms with E-state index in [0.29, 0.717) is 28.4 Å². The zero-order valence-electron chi connectivity index (χ0n) is 16.2. The van der Waals surface area contributed by atoms with E-state index in [4.69, 9.17) is 9.47 Å². The van der Waals surface area contributed by atoms with Crippen LogP contribution >= 0.6 is 0 Å². The Balaban J connectivity index is 1.93. The molecule has 0 fully saturated rings. The molecular weight excluding hydrogens is 400 g/mol. The van der Waals surface area contributed by atoms with E-state index in [2.05, 4.69) is 0 Å². The molecule has 30 heavy (non-hydrogen) atoms. The molecule has 152 valence electrons. The molecule has 0 aliphatic carbocycles. The maximum absolute atomic E-state index is 12.3. The van der Waals surface area contributed by atoms with Crippen molar-refractivity contribution >= 4 is 28.7 Å². The summed E-state index contributed by atoms with van der Waals surface area (Å²) in [6, 6.07) is 22.1. The molecule has 0 radical (unpaired) electrons. The van der Waals surface area contributed by atoms with Crippen molar-refractivity contribution in [2.75, 3.05) is 7.11 Å². The molecule has 0 spiro atoms. The molecule has 0 saturated carbocycles. The number of carbonyl (C=O) groups excluding carboxylic acids is 1. The summed E-state index contributed by atoms with van der Waals surface area (Å²) in [7, 11) is 1.59. The second-order valence-electron chi connectivity index (χ2n) is 6.84. The van der Waals surface area contributed by atoms with Crippen molar-refractivity contribution in [1.82, 2.24) is 0 Å². The SMILES string of the molecule is COc1ccccc1C1=C(c2ccc(CS(=O)[O-])cc2)Oc2ccccc2C1C=O. The Morgan fingerprint density at radius 3 is 2.43 bits per heavy atom. The van der Waals surface area contributed by atoms with E-state index in [-0.39, 0.29) is 5.75 Å². The number of para-hydroxylation sites is 2. The van der Waals surface area contributed by atoms with Gasteiger partial charge in [-0.25, -0.2) is 0 Å². The van der Waals surface area contributed by atoms with E-state index >= 15 is 0 Å². The summed E-state index contributed by atoms with van der Waals surface area (Å²) in [5, 5.41) is 0. The summed E-state index contributed by atoms with van der Waals surface area (Å²) < 4.78 is 33.8. The minimum Gasteiger partial charge on any atom is -0.772 e. The number of hydrogen-bond donors (Lipinski definition) is 0. The summed E-state index contributed by atoms with van der Waals surface area (Å²) in [6.07, 6.45) is 0.915. The van der Waals surface area contributed by atoms with Gasteiger partial charge in [0.1, 0.15) is 23.5 Å². The third kappa shape index (κ3) is 3.79. The van der Waals surface area contributed by atoms with Gasteiger partial charge in [-0.2, -0.15) is 0 Å². The first kappa shape index (κ1) is 20.1. The molecule has 5 nitrogen and oxygen atoms in total. The van der Waals surface area contributed by atoms with Crippen molar-refractivity contribution in [3.8, 4) is 11.5 Å². The van der Waals surface area contributed by atoms with E-state index in [1.807, 2.05) is 60.7 Å². The molecule has 3 aromatic carbocycles. The van der Waals surface area contributed by atoms with Gasteiger partial charge in [-0.15, -0.1) is 0 Å². The predicted molar refractivity (Wildman–Crippen MR) is 115 cm³/mol. The van der Waals surface area contributed by atoms with E-state index in [1.165, 1.54) is 0 Å². The first-order valence-electron chi connectivity index (χ1n) is 9.37. The zero-order valence-corrected chi connectivity index (χ0v) is 17.1. The molecular formula is C24H19O5S-. The Morgan fingerprint density at radius 1 is 1.03 bits per heavy atom. The van der Waals surface area contributed by atoms with Gasteiger partial charge in [-0.1, -0.05) is 71.7 Å². The van der Waals surface area contributed by atoms with Gasteiger partial charge in [0.2, 0.25) is 0 Å². The van der Waals surface area contributed by atoms with E-state index < -0.39 is 17.0 Å². The molecule has 4 rings (SSSR count). The summed E-state index contributed by atoms with van der Waals surface area (Å²) >= 11 is -2.16. The molecule has 3 aromatic rings. The van der Waals surface area contributed by atoms with E-state index in [9.17, 15) is 13.6 Å². The van der Waals surface area contributed by atoms with Crippen molar-refractivity contribution in [2.45, 2.75) is 11.7 Å². The van der Waals surface area contributed by atoms with Crippen LogP contribution in [0, 0.1) is 0 Å². The Hall–Kier alpha value is -3.22. The number of methoxy groups -OCH3 is 1. The van der Waals surface area contributed by atoms with Crippen LogP contribution in [0.15, 0.2) is 72.8 Å². The molecule has 2 atom stereocenters. The third-order valence-corrected chi connectivity index (χ3v) is 5.62. The van der Waals surface area contributed by atoms with Crippen molar-refractivity contribution in [1.29, 1.82) is 0 Å². The molecule has 1 aliphatic rings. The average molecular weight is 419 g/mol. The van der Waals surface area contributed by atoms with Crippen LogP contribution in [0.1, 0.15) is 28.2 Å². The number of benzene rings is 3. The Morgan fingerprint density at radius 2 is 1.73 bits per heavy atom. The first-order chi connectivity index (χ1) is 14.6. The lowest BCUT2D eigenvalue weighted by atomic mass is 9.83. The third-order valence-electron chi connectivity index (χ3n) is 5.06. The molecule has 0 bridgehead atoms. The van der Waals surface area contributed by atoms with Crippen LogP contribution in [-0.2, 0) is 21.6 Å². The highest BCUT2D eigenvalue weighted by Gasteiger charge is 2.32.